The molecular weight excluding hydrogens is 294 g/mol. The Hall–Kier alpha value is -1.81. The highest BCUT2D eigenvalue weighted by atomic mass is 32.1. The molecule has 1 aliphatic heterocycles. The van der Waals surface area contributed by atoms with Gasteiger partial charge in [0.05, 0.1) is 11.4 Å². The lowest BCUT2D eigenvalue weighted by Crippen LogP contribution is -2.34. The van der Waals surface area contributed by atoms with E-state index < -0.39 is 0 Å². The van der Waals surface area contributed by atoms with E-state index in [0.29, 0.717) is 6.54 Å². The van der Waals surface area contributed by atoms with Gasteiger partial charge in [0.15, 0.2) is 0 Å². The van der Waals surface area contributed by atoms with Crippen LogP contribution in [0.4, 0.5) is 0 Å². The number of benzene rings is 1. The molecule has 1 aliphatic rings. The molecule has 2 heterocycles. The molecule has 22 heavy (non-hydrogen) atoms. The lowest BCUT2D eigenvalue weighted by Gasteiger charge is -2.19. The van der Waals surface area contributed by atoms with Gasteiger partial charge in [-0.2, -0.15) is 0 Å². The Morgan fingerprint density at radius 1 is 1.36 bits per heavy atom. The van der Waals surface area contributed by atoms with Crippen LogP contribution in [0.25, 0.3) is 0 Å². The molecule has 0 bridgehead atoms. The highest BCUT2D eigenvalue weighted by molar-refractivity contribution is 7.12. The van der Waals surface area contributed by atoms with Crippen LogP contribution in [-0.4, -0.2) is 18.6 Å². The first-order chi connectivity index (χ1) is 10.4. The Balaban J connectivity index is 1.61. The maximum absolute atomic E-state index is 12.0. The molecule has 1 amide bonds. The predicted molar refractivity (Wildman–Crippen MR) is 89.9 cm³/mol. The predicted octanol–water partition coefficient (Wildman–Crippen LogP) is 3.78. The average Bonchev–Trinajstić information content (AvgIpc) is 3.11. The minimum Gasteiger partial charge on any atom is -0.488 e. The number of ether oxygens (including phenoxy) is 1. The molecule has 2 aromatic rings. The van der Waals surface area contributed by atoms with Gasteiger partial charge in [0.25, 0.3) is 5.91 Å². The quantitative estimate of drug-likeness (QED) is 0.936. The van der Waals surface area contributed by atoms with Crippen LogP contribution in [-0.2, 0) is 11.8 Å². The Morgan fingerprint density at radius 3 is 2.86 bits per heavy atom. The van der Waals surface area contributed by atoms with Crippen molar-refractivity contribution in [2.45, 2.75) is 38.7 Å². The van der Waals surface area contributed by atoms with E-state index in [9.17, 15) is 4.79 Å². The minimum atomic E-state index is -0.0232. The number of hydrogen-bond acceptors (Lipinski definition) is 3. The lowest BCUT2D eigenvalue weighted by molar-refractivity contribution is 0.0937. The first-order valence-corrected chi connectivity index (χ1v) is 8.43. The second kappa shape index (κ2) is 5.76. The fraction of sp³-hybridized carbons (Fsp3) is 0.389. The van der Waals surface area contributed by atoms with Crippen LogP contribution in [0.3, 0.4) is 0 Å². The standard InChI is InChI=1S/C18H21NO2S/c1-18(2,3)13-6-7-15-12(9-13)10-14(21-15)11-19-17(20)16-5-4-8-22-16/h4-9,14H,10-11H2,1-3H3,(H,19,20)/t14-/m1/s1. The second-order valence-corrected chi connectivity index (χ2v) is 7.65. The summed E-state index contributed by atoms with van der Waals surface area (Å²) in [6.07, 6.45) is 0.874. The Kier molecular flexibility index (Phi) is 3.96. The normalized spacial score (nSPS) is 17.0. The fourth-order valence-corrected chi connectivity index (χ4v) is 3.24. The number of fused-ring (bicyclic) bond motifs is 1. The molecule has 0 fully saturated rings. The molecule has 1 aromatic heterocycles. The van der Waals surface area contributed by atoms with Gasteiger partial charge in [0.1, 0.15) is 11.9 Å². The summed E-state index contributed by atoms with van der Waals surface area (Å²) in [5, 5.41) is 4.86. The number of nitrogens with one attached hydrogen (secondary N) is 1. The van der Waals surface area contributed by atoms with Crippen LogP contribution >= 0.6 is 11.3 Å². The molecule has 0 radical (unpaired) electrons. The average molecular weight is 315 g/mol. The molecule has 0 unspecified atom stereocenters. The number of amides is 1. The van der Waals surface area contributed by atoms with E-state index in [1.807, 2.05) is 17.5 Å². The third-order valence-corrected chi connectivity index (χ3v) is 4.77. The van der Waals surface area contributed by atoms with E-state index in [4.69, 9.17) is 4.74 Å². The molecule has 4 heteroatoms. The molecule has 116 valence electrons. The van der Waals surface area contributed by atoms with Gasteiger partial charge in [0.2, 0.25) is 0 Å². The number of rotatable bonds is 3. The summed E-state index contributed by atoms with van der Waals surface area (Å²) in [6.45, 7) is 7.17. The number of carbonyl (C=O) groups excluding carboxylic acids is 1. The van der Waals surface area contributed by atoms with Crippen molar-refractivity contribution in [1.82, 2.24) is 5.32 Å². The largest absolute Gasteiger partial charge is 0.488 e. The van der Waals surface area contributed by atoms with Gasteiger partial charge in [-0.1, -0.05) is 39.0 Å². The Bertz CT molecular complexity index is 671. The smallest absolute Gasteiger partial charge is 0.261 e. The maximum Gasteiger partial charge on any atom is 0.261 e. The van der Waals surface area contributed by atoms with E-state index in [2.05, 4.69) is 44.3 Å². The molecule has 0 spiro atoms. The van der Waals surface area contributed by atoms with E-state index in [1.165, 1.54) is 22.5 Å². The SMILES string of the molecule is CC(C)(C)c1ccc2c(c1)C[C@H](CNC(=O)c1cccs1)O2. The van der Waals surface area contributed by atoms with E-state index in [0.717, 1.165) is 17.0 Å². The van der Waals surface area contributed by atoms with Crippen molar-refractivity contribution in [1.29, 1.82) is 0 Å². The van der Waals surface area contributed by atoms with Gasteiger partial charge in [-0.15, -0.1) is 11.3 Å². The highest BCUT2D eigenvalue weighted by Crippen LogP contribution is 2.33. The minimum absolute atomic E-state index is 0.0223. The fourth-order valence-electron chi connectivity index (χ4n) is 2.60. The van der Waals surface area contributed by atoms with Crippen LogP contribution in [0.15, 0.2) is 35.7 Å². The molecule has 1 aromatic carbocycles. The first kappa shape index (κ1) is 15.1. The van der Waals surface area contributed by atoms with Gasteiger partial charge in [-0.3, -0.25) is 4.79 Å². The Morgan fingerprint density at radius 2 is 2.18 bits per heavy atom. The zero-order valence-corrected chi connectivity index (χ0v) is 14.0. The second-order valence-electron chi connectivity index (χ2n) is 6.70. The summed E-state index contributed by atoms with van der Waals surface area (Å²) in [7, 11) is 0. The van der Waals surface area contributed by atoms with Crippen LogP contribution in [0, 0.1) is 0 Å². The van der Waals surface area contributed by atoms with Crippen LogP contribution in [0.1, 0.15) is 41.6 Å². The zero-order chi connectivity index (χ0) is 15.7. The molecule has 0 aliphatic carbocycles. The van der Waals surface area contributed by atoms with Crippen molar-refractivity contribution < 1.29 is 9.53 Å². The molecule has 0 saturated carbocycles. The molecule has 1 atom stereocenters. The summed E-state index contributed by atoms with van der Waals surface area (Å²) < 4.78 is 5.93. The van der Waals surface area contributed by atoms with Crippen molar-refractivity contribution >= 4 is 17.2 Å². The highest BCUT2D eigenvalue weighted by Gasteiger charge is 2.25. The van der Waals surface area contributed by atoms with Crippen LogP contribution in [0.2, 0.25) is 0 Å². The summed E-state index contributed by atoms with van der Waals surface area (Å²) >= 11 is 1.45. The van der Waals surface area contributed by atoms with E-state index >= 15 is 0 Å². The van der Waals surface area contributed by atoms with Crippen molar-refractivity contribution in [2.75, 3.05) is 6.54 Å². The van der Waals surface area contributed by atoms with Gasteiger partial charge >= 0.3 is 0 Å². The third-order valence-electron chi connectivity index (χ3n) is 3.90. The van der Waals surface area contributed by atoms with Crippen LogP contribution < -0.4 is 10.1 Å². The maximum atomic E-state index is 12.0. The first-order valence-electron chi connectivity index (χ1n) is 7.55. The lowest BCUT2D eigenvalue weighted by atomic mass is 9.86. The van der Waals surface area contributed by atoms with Crippen molar-refractivity contribution in [2.24, 2.45) is 0 Å². The zero-order valence-electron chi connectivity index (χ0n) is 13.2. The number of thiophene rings is 1. The third kappa shape index (κ3) is 3.17. The molecule has 1 N–H and O–H groups in total. The summed E-state index contributed by atoms with van der Waals surface area (Å²) in [5.74, 6) is 0.924. The van der Waals surface area contributed by atoms with Crippen molar-refractivity contribution in [3.05, 3.63) is 51.7 Å². The van der Waals surface area contributed by atoms with Crippen molar-refractivity contribution in [3.8, 4) is 5.75 Å². The van der Waals surface area contributed by atoms with E-state index in [-0.39, 0.29) is 17.4 Å². The summed E-state index contributed by atoms with van der Waals surface area (Å²) in [4.78, 5) is 12.7. The molecule has 3 nitrogen and oxygen atoms in total. The summed E-state index contributed by atoms with van der Waals surface area (Å²) in [5.41, 5.74) is 2.70. The molecular formula is C18H21NO2S. The monoisotopic (exact) mass is 315 g/mol. The van der Waals surface area contributed by atoms with Gasteiger partial charge < -0.3 is 10.1 Å². The Labute approximate surface area is 135 Å². The van der Waals surface area contributed by atoms with E-state index in [1.54, 1.807) is 0 Å². The van der Waals surface area contributed by atoms with Gasteiger partial charge in [-0.05, 0) is 34.1 Å². The van der Waals surface area contributed by atoms with Crippen molar-refractivity contribution in [3.63, 3.8) is 0 Å². The van der Waals surface area contributed by atoms with Gasteiger partial charge in [-0.25, -0.2) is 0 Å². The van der Waals surface area contributed by atoms with Gasteiger partial charge in [0, 0.05) is 6.42 Å². The molecule has 3 rings (SSSR count). The topological polar surface area (TPSA) is 38.3 Å². The molecule has 0 saturated heterocycles. The number of hydrogen-bond donors (Lipinski definition) is 1. The van der Waals surface area contributed by atoms with Crippen LogP contribution in [0.5, 0.6) is 5.75 Å². The number of carbonyl (C=O) groups is 1. The summed E-state index contributed by atoms with van der Waals surface area (Å²) in [6, 6.07) is 10.1.